The maximum absolute atomic E-state index is 12.6. The van der Waals surface area contributed by atoms with Crippen LogP contribution in [0.5, 0.6) is 0 Å². The standard InChI is InChI=1S/C15H17N5O3S/c1-10-15(11(2)19-18-10)24(22,23)20(3)9-14(21)17-13-6-4-5-12(7-13)8-16/h4-7H,9H2,1-3H3,(H,17,21)(H,18,19). The van der Waals surface area contributed by atoms with E-state index in [9.17, 15) is 13.2 Å². The summed E-state index contributed by atoms with van der Waals surface area (Å²) in [6.07, 6.45) is 0. The predicted octanol–water partition coefficient (Wildman–Crippen LogP) is 1.16. The van der Waals surface area contributed by atoms with Crippen LogP contribution in [-0.4, -0.2) is 42.4 Å². The number of aromatic nitrogens is 2. The van der Waals surface area contributed by atoms with Crippen molar-refractivity contribution in [3.63, 3.8) is 0 Å². The summed E-state index contributed by atoms with van der Waals surface area (Å²) in [5.74, 6) is -0.505. The van der Waals surface area contributed by atoms with Crippen molar-refractivity contribution in [2.75, 3.05) is 18.9 Å². The minimum atomic E-state index is -3.83. The lowest BCUT2D eigenvalue weighted by Gasteiger charge is -2.17. The van der Waals surface area contributed by atoms with E-state index in [1.807, 2.05) is 6.07 Å². The molecule has 24 heavy (non-hydrogen) atoms. The second-order valence-electron chi connectivity index (χ2n) is 5.27. The lowest BCUT2D eigenvalue weighted by Crippen LogP contribution is -2.35. The Morgan fingerprint density at radius 2 is 2.12 bits per heavy atom. The van der Waals surface area contributed by atoms with Gasteiger partial charge in [-0.05, 0) is 32.0 Å². The first-order valence-electron chi connectivity index (χ1n) is 7.03. The first-order valence-corrected chi connectivity index (χ1v) is 8.47. The second-order valence-corrected chi connectivity index (χ2v) is 7.25. The largest absolute Gasteiger partial charge is 0.325 e. The van der Waals surface area contributed by atoms with Gasteiger partial charge in [-0.1, -0.05) is 6.07 Å². The fourth-order valence-electron chi connectivity index (χ4n) is 2.23. The summed E-state index contributed by atoms with van der Waals surface area (Å²) in [7, 11) is -2.50. The van der Waals surface area contributed by atoms with E-state index in [-0.39, 0.29) is 11.4 Å². The lowest BCUT2D eigenvalue weighted by atomic mass is 10.2. The number of hydrogen-bond acceptors (Lipinski definition) is 5. The quantitative estimate of drug-likeness (QED) is 0.841. The van der Waals surface area contributed by atoms with Crippen molar-refractivity contribution >= 4 is 21.6 Å². The minimum Gasteiger partial charge on any atom is -0.325 e. The van der Waals surface area contributed by atoms with Gasteiger partial charge in [-0.2, -0.15) is 14.7 Å². The molecule has 1 aromatic heterocycles. The Bertz CT molecular complexity index is 892. The number of aryl methyl sites for hydroxylation is 2. The Hall–Kier alpha value is -2.70. The normalized spacial score (nSPS) is 11.3. The number of benzene rings is 1. The Morgan fingerprint density at radius 3 is 2.71 bits per heavy atom. The third kappa shape index (κ3) is 3.61. The van der Waals surface area contributed by atoms with Crippen molar-refractivity contribution in [1.82, 2.24) is 14.5 Å². The molecule has 1 amide bonds. The molecule has 0 spiro atoms. The fourth-order valence-corrected chi connectivity index (χ4v) is 3.68. The molecule has 2 N–H and O–H groups in total. The van der Waals surface area contributed by atoms with Gasteiger partial charge in [0.05, 0.1) is 29.6 Å². The molecule has 1 heterocycles. The SMILES string of the molecule is Cc1n[nH]c(C)c1S(=O)(=O)N(C)CC(=O)Nc1cccc(C#N)c1. The van der Waals surface area contributed by atoms with Gasteiger partial charge >= 0.3 is 0 Å². The molecule has 0 unspecified atom stereocenters. The van der Waals surface area contributed by atoms with Crippen LogP contribution in [0, 0.1) is 25.2 Å². The van der Waals surface area contributed by atoms with Gasteiger partial charge in [0.15, 0.2) is 0 Å². The summed E-state index contributed by atoms with van der Waals surface area (Å²) in [5, 5.41) is 17.9. The van der Waals surface area contributed by atoms with Crippen LogP contribution in [0.4, 0.5) is 5.69 Å². The van der Waals surface area contributed by atoms with Gasteiger partial charge in [-0.3, -0.25) is 9.89 Å². The number of carbonyl (C=O) groups excluding carboxylic acids is 1. The maximum Gasteiger partial charge on any atom is 0.246 e. The van der Waals surface area contributed by atoms with Crippen molar-refractivity contribution < 1.29 is 13.2 Å². The summed E-state index contributed by atoms with van der Waals surface area (Å²) in [6.45, 7) is 2.83. The number of sulfonamides is 1. The highest BCUT2D eigenvalue weighted by Gasteiger charge is 2.28. The number of hydrogen-bond donors (Lipinski definition) is 2. The van der Waals surface area contributed by atoms with E-state index < -0.39 is 15.9 Å². The molecule has 0 fully saturated rings. The molecule has 0 aliphatic rings. The van der Waals surface area contributed by atoms with Crippen molar-refractivity contribution in [2.45, 2.75) is 18.7 Å². The number of likely N-dealkylation sites (N-methyl/N-ethyl adjacent to an activating group) is 1. The lowest BCUT2D eigenvalue weighted by molar-refractivity contribution is -0.116. The molecule has 0 bridgehead atoms. The number of aromatic amines is 1. The Morgan fingerprint density at radius 1 is 1.42 bits per heavy atom. The molecule has 1 aromatic carbocycles. The zero-order valence-corrected chi connectivity index (χ0v) is 14.3. The van der Waals surface area contributed by atoms with E-state index >= 15 is 0 Å². The van der Waals surface area contributed by atoms with E-state index in [4.69, 9.17) is 5.26 Å². The van der Waals surface area contributed by atoms with Gasteiger partial charge in [0, 0.05) is 12.7 Å². The summed E-state index contributed by atoms with van der Waals surface area (Å²) >= 11 is 0. The molecule has 0 radical (unpaired) electrons. The van der Waals surface area contributed by atoms with Crippen LogP contribution in [0.1, 0.15) is 17.0 Å². The van der Waals surface area contributed by atoms with E-state index in [1.54, 1.807) is 32.0 Å². The van der Waals surface area contributed by atoms with E-state index in [2.05, 4.69) is 15.5 Å². The van der Waals surface area contributed by atoms with Crippen LogP contribution in [0.3, 0.4) is 0 Å². The molecule has 126 valence electrons. The van der Waals surface area contributed by atoms with Crippen molar-refractivity contribution in [2.24, 2.45) is 0 Å². The molecule has 0 aliphatic carbocycles. The van der Waals surface area contributed by atoms with E-state index in [0.717, 1.165) is 4.31 Å². The van der Waals surface area contributed by atoms with Gasteiger partial charge in [-0.15, -0.1) is 0 Å². The van der Waals surface area contributed by atoms with Crippen molar-refractivity contribution in [3.05, 3.63) is 41.2 Å². The molecule has 0 atom stereocenters. The highest BCUT2D eigenvalue weighted by atomic mass is 32.2. The Labute approximate surface area is 140 Å². The van der Waals surface area contributed by atoms with E-state index in [1.165, 1.54) is 13.1 Å². The molecule has 2 rings (SSSR count). The Kier molecular flexibility index (Phi) is 5.02. The highest BCUT2D eigenvalue weighted by Crippen LogP contribution is 2.20. The average Bonchev–Trinajstić information content (AvgIpc) is 2.86. The van der Waals surface area contributed by atoms with Crippen LogP contribution in [0.2, 0.25) is 0 Å². The molecule has 0 aliphatic heterocycles. The number of nitrogens with one attached hydrogen (secondary N) is 2. The molecule has 8 nitrogen and oxygen atoms in total. The van der Waals surface area contributed by atoms with Gasteiger partial charge in [0.25, 0.3) is 0 Å². The highest BCUT2D eigenvalue weighted by molar-refractivity contribution is 7.89. The Balaban J connectivity index is 2.12. The summed E-state index contributed by atoms with van der Waals surface area (Å²) in [5.41, 5.74) is 1.60. The van der Waals surface area contributed by atoms with Crippen LogP contribution in [-0.2, 0) is 14.8 Å². The number of anilines is 1. The third-order valence-electron chi connectivity index (χ3n) is 3.37. The monoisotopic (exact) mass is 347 g/mol. The van der Waals surface area contributed by atoms with Crippen molar-refractivity contribution in [3.8, 4) is 6.07 Å². The third-order valence-corrected chi connectivity index (χ3v) is 5.44. The first kappa shape index (κ1) is 17.7. The van der Waals surface area contributed by atoms with E-state index in [0.29, 0.717) is 22.6 Å². The summed E-state index contributed by atoms with van der Waals surface area (Å²) in [4.78, 5) is 12.2. The smallest absolute Gasteiger partial charge is 0.246 e. The maximum atomic E-state index is 12.6. The number of rotatable bonds is 5. The van der Waals surface area contributed by atoms with Crippen LogP contribution in [0.25, 0.3) is 0 Å². The summed E-state index contributed by atoms with van der Waals surface area (Å²) < 4.78 is 26.1. The number of nitrogens with zero attached hydrogens (tertiary/aromatic N) is 3. The summed E-state index contributed by atoms with van der Waals surface area (Å²) in [6, 6.07) is 8.34. The van der Waals surface area contributed by atoms with Crippen LogP contribution >= 0.6 is 0 Å². The topological polar surface area (TPSA) is 119 Å². The predicted molar refractivity (Wildman–Crippen MR) is 87.7 cm³/mol. The van der Waals surface area contributed by atoms with Crippen LogP contribution in [0.15, 0.2) is 29.2 Å². The fraction of sp³-hybridized carbons (Fsp3) is 0.267. The van der Waals surface area contributed by atoms with Crippen LogP contribution < -0.4 is 5.32 Å². The minimum absolute atomic E-state index is 0.0734. The number of H-pyrrole nitrogens is 1. The zero-order valence-electron chi connectivity index (χ0n) is 13.5. The molecule has 0 saturated heterocycles. The molecule has 2 aromatic rings. The number of amides is 1. The van der Waals surface area contributed by atoms with Gasteiger partial charge in [0.2, 0.25) is 15.9 Å². The second kappa shape index (κ2) is 6.82. The average molecular weight is 347 g/mol. The zero-order chi connectivity index (χ0) is 17.9. The molecule has 9 heteroatoms. The van der Waals surface area contributed by atoms with Crippen molar-refractivity contribution in [1.29, 1.82) is 5.26 Å². The molecular weight excluding hydrogens is 330 g/mol. The number of carbonyl (C=O) groups is 1. The molecule has 0 saturated carbocycles. The molecular formula is C15H17N5O3S. The van der Waals surface area contributed by atoms with Gasteiger partial charge in [0.1, 0.15) is 4.90 Å². The number of nitriles is 1. The first-order chi connectivity index (χ1) is 11.3. The van der Waals surface area contributed by atoms with Gasteiger partial charge in [-0.25, -0.2) is 8.42 Å². The van der Waals surface area contributed by atoms with Gasteiger partial charge < -0.3 is 5.32 Å².